The van der Waals surface area contributed by atoms with E-state index in [9.17, 15) is 0 Å². The van der Waals surface area contributed by atoms with Crippen LogP contribution in [0.25, 0.3) is 0 Å². The van der Waals surface area contributed by atoms with Gasteiger partial charge in [0.15, 0.2) is 0 Å². The minimum absolute atomic E-state index is 0.698. The van der Waals surface area contributed by atoms with Crippen molar-refractivity contribution >= 4 is 37.7 Å². The van der Waals surface area contributed by atoms with E-state index in [1.54, 1.807) is 12.4 Å². The van der Waals surface area contributed by atoms with Gasteiger partial charge in [0, 0.05) is 29.0 Å². The second-order valence-corrected chi connectivity index (χ2v) is 4.71. The SMILES string of the molecule is Brc1cnc(NCc2cn[nH]c2)c(Br)c1. The third kappa shape index (κ3) is 2.79. The summed E-state index contributed by atoms with van der Waals surface area (Å²) < 4.78 is 1.88. The number of rotatable bonds is 3. The van der Waals surface area contributed by atoms with Crippen molar-refractivity contribution in [3.8, 4) is 0 Å². The van der Waals surface area contributed by atoms with Crippen molar-refractivity contribution in [2.75, 3.05) is 5.32 Å². The molecule has 0 aromatic carbocycles. The summed E-state index contributed by atoms with van der Waals surface area (Å²) in [5, 5.41) is 9.83. The molecule has 4 nitrogen and oxygen atoms in total. The van der Waals surface area contributed by atoms with Crippen LogP contribution in [0.2, 0.25) is 0 Å². The molecule has 2 aromatic rings. The van der Waals surface area contributed by atoms with Crippen molar-refractivity contribution in [1.82, 2.24) is 15.2 Å². The molecule has 0 aliphatic heterocycles. The van der Waals surface area contributed by atoms with Gasteiger partial charge in [-0.05, 0) is 37.9 Å². The molecule has 0 saturated carbocycles. The van der Waals surface area contributed by atoms with Crippen LogP contribution in [0, 0.1) is 0 Å². The summed E-state index contributed by atoms with van der Waals surface area (Å²) in [6.45, 7) is 0.698. The Morgan fingerprint density at radius 1 is 1.33 bits per heavy atom. The highest BCUT2D eigenvalue weighted by atomic mass is 79.9. The molecule has 2 rings (SSSR count). The van der Waals surface area contributed by atoms with Crippen LogP contribution in [0.4, 0.5) is 5.82 Å². The molecule has 0 spiro atoms. The van der Waals surface area contributed by atoms with Gasteiger partial charge >= 0.3 is 0 Å². The van der Waals surface area contributed by atoms with Gasteiger partial charge in [-0.3, -0.25) is 5.10 Å². The normalized spacial score (nSPS) is 10.3. The average Bonchev–Trinajstić information content (AvgIpc) is 2.69. The Balaban J connectivity index is 2.05. The Labute approximate surface area is 104 Å². The fourth-order valence-corrected chi connectivity index (χ4v) is 2.23. The number of aromatic nitrogens is 3. The number of anilines is 1. The van der Waals surface area contributed by atoms with Gasteiger partial charge in [0.1, 0.15) is 5.82 Å². The summed E-state index contributed by atoms with van der Waals surface area (Å²) in [5.41, 5.74) is 1.09. The van der Waals surface area contributed by atoms with E-state index < -0.39 is 0 Å². The van der Waals surface area contributed by atoms with Gasteiger partial charge in [-0.25, -0.2) is 4.98 Å². The molecule has 0 aliphatic rings. The Morgan fingerprint density at radius 2 is 2.20 bits per heavy atom. The zero-order chi connectivity index (χ0) is 10.7. The lowest BCUT2D eigenvalue weighted by atomic mass is 10.3. The molecular weight excluding hydrogens is 324 g/mol. The van der Waals surface area contributed by atoms with E-state index in [-0.39, 0.29) is 0 Å². The quantitative estimate of drug-likeness (QED) is 0.909. The van der Waals surface area contributed by atoms with Crippen molar-refractivity contribution in [1.29, 1.82) is 0 Å². The topological polar surface area (TPSA) is 53.6 Å². The monoisotopic (exact) mass is 330 g/mol. The highest BCUT2D eigenvalue weighted by molar-refractivity contribution is 9.11. The van der Waals surface area contributed by atoms with Crippen molar-refractivity contribution in [2.45, 2.75) is 6.54 Å². The molecule has 6 heteroatoms. The number of H-pyrrole nitrogens is 1. The van der Waals surface area contributed by atoms with Crippen LogP contribution in [0.3, 0.4) is 0 Å². The van der Waals surface area contributed by atoms with E-state index in [1.165, 1.54) is 0 Å². The van der Waals surface area contributed by atoms with Crippen LogP contribution in [-0.4, -0.2) is 15.2 Å². The van der Waals surface area contributed by atoms with Gasteiger partial charge in [0.2, 0.25) is 0 Å². The fraction of sp³-hybridized carbons (Fsp3) is 0.111. The maximum absolute atomic E-state index is 4.24. The van der Waals surface area contributed by atoms with Gasteiger partial charge in [0.25, 0.3) is 0 Å². The van der Waals surface area contributed by atoms with Crippen LogP contribution in [0.1, 0.15) is 5.56 Å². The van der Waals surface area contributed by atoms with E-state index in [0.29, 0.717) is 6.54 Å². The van der Waals surface area contributed by atoms with Crippen LogP contribution in [0.15, 0.2) is 33.6 Å². The molecule has 0 aliphatic carbocycles. The van der Waals surface area contributed by atoms with E-state index in [0.717, 1.165) is 20.3 Å². The van der Waals surface area contributed by atoms with Gasteiger partial charge in [0.05, 0.1) is 10.7 Å². The number of hydrogen-bond donors (Lipinski definition) is 2. The smallest absolute Gasteiger partial charge is 0.140 e. The molecular formula is C9H8Br2N4. The lowest BCUT2D eigenvalue weighted by molar-refractivity contribution is 1.09. The number of halogens is 2. The maximum atomic E-state index is 4.24. The summed E-state index contributed by atoms with van der Waals surface area (Å²) >= 11 is 6.78. The van der Waals surface area contributed by atoms with Crippen molar-refractivity contribution in [3.05, 3.63) is 39.2 Å². The summed E-state index contributed by atoms with van der Waals surface area (Å²) in [7, 11) is 0. The third-order valence-electron chi connectivity index (χ3n) is 1.82. The standard InChI is InChI=1S/C9H8Br2N4/c10-7-1-8(11)9(13-5-7)12-2-6-3-14-15-4-6/h1,3-5H,2H2,(H,12,13)(H,14,15). The summed E-state index contributed by atoms with van der Waals surface area (Å²) in [5.74, 6) is 0.819. The predicted octanol–water partition coefficient (Wildman–Crippen LogP) is 2.94. The first-order valence-electron chi connectivity index (χ1n) is 4.28. The summed E-state index contributed by atoms with van der Waals surface area (Å²) in [6, 6.07) is 1.95. The van der Waals surface area contributed by atoms with Crippen LogP contribution in [0.5, 0.6) is 0 Å². The van der Waals surface area contributed by atoms with E-state index in [2.05, 4.69) is 52.4 Å². The predicted molar refractivity (Wildman–Crippen MR) is 65.6 cm³/mol. The van der Waals surface area contributed by atoms with Gasteiger partial charge in [-0.1, -0.05) is 0 Å². The molecule has 0 bridgehead atoms. The first kappa shape index (κ1) is 10.6. The molecule has 0 unspecified atom stereocenters. The largest absolute Gasteiger partial charge is 0.365 e. The summed E-state index contributed by atoms with van der Waals surface area (Å²) in [6.07, 6.45) is 5.38. The van der Waals surface area contributed by atoms with Crippen LogP contribution in [-0.2, 0) is 6.54 Å². The number of aromatic amines is 1. The van der Waals surface area contributed by atoms with Gasteiger partial charge in [-0.2, -0.15) is 5.10 Å². The second kappa shape index (κ2) is 4.76. The minimum atomic E-state index is 0.698. The minimum Gasteiger partial charge on any atom is -0.365 e. The Kier molecular flexibility index (Phi) is 3.37. The van der Waals surface area contributed by atoms with E-state index >= 15 is 0 Å². The van der Waals surface area contributed by atoms with E-state index in [1.807, 2.05) is 12.3 Å². The number of hydrogen-bond acceptors (Lipinski definition) is 3. The second-order valence-electron chi connectivity index (χ2n) is 2.94. The zero-order valence-electron chi connectivity index (χ0n) is 7.67. The molecule has 0 saturated heterocycles. The highest BCUT2D eigenvalue weighted by Crippen LogP contribution is 2.23. The van der Waals surface area contributed by atoms with Crippen molar-refractivity contribution in [2.24, 2.45) is 0 Å². The average molecular weight is 332 g/mol. The Hall–Kier alpha value is -0.880. The van der Waals surface area contributed by atoms with Crippen molar-refractivity contribution in [3.63, 3.8) is 0 Å². The molecule has 2 aromatic heterocycles. The lowest BCUT2D eigenvalue weighted by Gasteiger charge is -2.05. The molecule has 15 heavy (non-hydrogen) atoms. The highest BCUT2D eigenvalue weighted by Gasteiger charge is 2.01. The Morgan fingerprint density at radius 3 is 2.87 bits per heavy atom. The lowest BCUT2D eigenvalue weighted by Crippen LogP contribution is -2.00. The Bertz CT molecular complexity index is 441. The van der Waals surface area contributed by atoms with Crippen LogP contribution < -0.4 is 5.32 Å². The molecule has 78 valence electrons. The third-order valence-corrected chi connectivity index (χ3v) is 2.86. The zero-order valence-corrected chi connectivity index (χ0v) is 10.8. The molecule has 0 fully saturated rings. The number of nitrogens with zero attached hydrogens (tertiary/aromatic N) is 2. The maximum Gasteiger partial charge on any atom is 0.140 e. The molecule has 2 N–H and O–H groups in total. The van der Waals surface area contributed by atoms with Crippen LogP contribution >= 0.6 is 31.9 Å². The fourth-order valence-electron chi connectivity index (χ4n) is 1.10. The number of pyridine rings is 1. The first-order chi connectivity index (χ1) is 7.25. The molecule has 2 heterocycles. The molecule has 0 amide bonds. The number of nitrogens with one attached hydrogen (secondary N) is 2. The molecule has 0 radical (unpaired) electrons. The van der Waals surface area contributed by atoms with Gasteiger partial charge in [-0.15, -0.1) is 0 Å². The van der Waals surface area contributed by atoms with Crippen molar-refractivity contribution < 1.29 is 0 Å². The first-order valence-corrected chi connectivity index (χ1v) is 5.87. The van der Waals surface area contributed by atoms with E-state index in [4.69, 9.17) is 0 Å². The van der Waals surface area contributed by atoms with Gasteiger partial charge < -0.3 is 5.32 Å². The summed E-state index contributed by atoms with van der Waals surface area (Å²) in [4.78, 5) is 4.24. The molecule has 0 atom stereocenters.